The summed E-state index contributed by atoms with van der Waals surface area (Å²) >= 11 is 0. The Hall–Kier alpha value is -2.58. The average Bonchev–Trinajstić information content (AvgIpc) is 3.12. The third-order valence-corrected chi connectivity index (χ3v) is 5.45. The van der Waals surface area contributed by atoms with Crippen LogP contribution in [0.1, 0.15) is 45.1 Å². The van der Waals surface area contributed by atoms with Crippen molar-refractivity contribution in [1.29, 1.82) is 0 Å². The molecule has 0 heterocycles. The summed E-state index contributed by atoms with van der Waals surface area (Å²) in [7, 11) is 0. The zero-order valence-corrected chi connectivity index (χ0v) is 19.5. The van der Waals surface area contributed by atoms with Crippen LogP contribution in [0.3, 0.4) is 0 Å². The minimum atomic E-state index is -4.47. The molecule has 0 saturated carbocycles. The van der Waals surface area contributed by atoms with Gasteiger partial charge in [-0.3, -0.25) is 4.79 Å². The minimum absolute atomic E-state index is 0.0111. The average molecular weight is 483 g/mol. The monoisotopic (exact) mass is 482 g/mol. The number of hydrogen-bond acceptors (Lipinski definition) is 5. The number of rotatable bonds is 12. The van der Waals surface area contributed by atoms with E-state index in [4.69, 9.17) is 9.47 Å². The van der Waals surface area contributed by atoms with Gasteiger partial charge in [-0.1, -0.05) is 42.5 Å². The molecule has 0 radical (unpaired) electrons. The summed E-state index contributed by atoms with van der Waals surface area (Å²) in [6, 6.07) is 4.49. The molecule has 0 bridgehead atoms. The van der Waals surface area contributed by atoms with Gasteiger partial charge < -0.3 is 19.7 Å². The first-order valence-corrected chi connectivity index (χ1v) is 11.4. The second-order valence-electron chi connectivity index (χ2n) is 8.55. The SMILES string of the molecule is CCOC(=O)CCCC=CC[C@H]1C=C[C@@H](O)[C@@H]1C=CC(C)(O)COc1cccc(C(F)(F)F)c1. The molecule has 4 atom stereocenters. The molecule has 1 aromatic carbocycles. The van der Waals surface area contributed by atoms with E-state index in [9.17, 15) is 28.2 Å². The Kier molecular flexibility index (Phi) is 10.4. The van der Waals surface area contributed by atoms with Crippen molar-refractivity contribution in [2.45, 2.75) is 57.4 Å². The maximum absolute atomic E-state index is 12.8. The second-order valence-corrected chi connectivity index (χ2v) is 8.55. The number of carbonyl (C=O) groups excluding carboxylic acids is 1. The quantitative estimate of drug-likeness (QED) is 0.242. The van der Waals surface area contributed by atoms with E-state index in [-0.39, 0.29) is 30.2 Å². The molecule has 0 aliphatic heterocycles. The fourth-order valence-corrected chi connectivity index (χ4v) is 3.59. The summed E-state index contributed by atoms with van der Waals surface area (Å²) in [5.41, 5.74) is -2.26. The smallest absolute Gasteiger partial charge is 0.416 e. The number of carbonyl (C=O) groups is 1. The van der Waals surface area contributed by atoms with Gasteiger partial charge in [0.2, 0.25) is 0 Å². The number of allylic oxidation sites excluding steroid dienone is 3. The summed E-state index contributed by atoms with van der Waals surface area (Å²) in [4.78, 5) is 11.3. The van der Waals surface area contributed by atoms with E-state index in [0.29, 0.717) is 25.9 Å². The van der Waals surface area contributed by atoms with Crippen molar-refractivity contribution in [2.24, 2.45) is 11.8 Å². The second kappa shape index (κ2) is 12.8. The Bertz CT molecular complexity index is 873. The number of benzene rings is 1. The molecule has 188 valence electrons. The van der Waals surface area contributed by atoms with E-state index in [0.717, 1.165) is 18.6 Å². The van der Waals surface area contributed by atoms with Gasteiger partial charge in [0.15, 0.2) is 0 Å². The van der Waals surface area contributed by atoms with Gasteiger partial charge in [-0.15, -0.1) is 0 Å². The van der Waals surface area contributed by atoms with E-state index in [1.807, 2.05) is 18.2 Å². The molecule has 1 aliphatic rings. The summed E-state index contributed by atoms with van der Waals surface area (Å²) in [6.07, 6.45) is 8.22. The molecule has 2 rings (SSSR count). The highest BCUT2D eigenvalue weighted by Crippen LogP contribution is 2.32. The third-order valence-electron chi connectivity index (χ3n) is 5.45. The number of aliphatic hydroxyl groups is 2. The van der Waals surface area contributed by atoms with Crippen LogP contribution in [0.2, 0.25) is 0 Å². The van der Waals surface area contributed by atoms with Crippen molar-refractivity contribution in [3.05, 3.63) is 66.3 Å². The van der Waals surface area contributed by atoms with Crippen LogP contribution in [0, 0.1) is 11.8 Å². The Morgan fingerprint density at radius 2 is 1.97 bits per heavy atom. The van der Waals surface area contributed by atoms with Crippen molar-refractivity contribution in [1.82, 2.24) is 0 Å². The maximum atomic E-state index is 12.8. The molecule has 0 saturated heterocycles. The summed E-state index contributed by atoms with van der Waals surface area (Å²) in [5, 5.41) is 20.9. The lowest BCUT2D eigenvalue weighted by atomic mass is 9.89. The molecule has 5 nitrogen and oxygen atoms in total. The highest BCUT2D eigenvalue weighted by Gasteiger charge is 2.31. The van der Waals surface area contributed by atoms with Crippen LogP contribution < -0.4 is 4.74 Å². The largest absolute Gasteiger partial charge is 0.490 e. The van der Waals surface area contributed by atoms with Crippen LogP contribution in [0.5, 0.6) is 5.75 Å². The summed E-state index contributed by atoms with van der Waals surface area (Å²) in [6.45, 7) is 3.40. The topological polar surface area (TPSA) is 76.0 Å². The van der Waals surface area contributed by atoms with Gasteiger partial charge >= 0.3 is 12.1 Å². The van der Waals surface area contributed by atoms with Crippen LogP contribution in [0.4, 0.5) is 13.2 Å². The van der Waals surface area contributed by atoms with Gasteiger partial charge in [0.1, 0.15) is 18.0 Å². The number of halogens is 3. The number of esters is 1. The number of aliphatic hydroxyl groups excluding tert-OH is 1. The Labute approximate surface area is 198 Å². The predicted octanol–water partition coefficient (Wildman–Crippen LogP) is 5.23. The highest BCUT2D eigenvalue weighted by atomic mass is 19.4. The predicted molar refractivity (Wildman–Crippen MR) is 123 cm³/mol. The van der Waals surface area contributed by atoms with Crippen LogP contribution in [0.15, 0.2) is 60.7 Å². The van der Waals surface area contributed by atoms with Gasteiger partial charge in [0.05, 0.1) is 18.3 Å². The first-order chi connectivity index (χ1) is 16.0. The standard InChI is InChI=1S/C26H33F3O5/c1-3-33-24(31)12-7-5-4-6-9-19-13-14-23(30)22(19)15-16-25(2,32)18-34-21-11-8-10-20(17-21)26(27,28)29/h4,6,8,10-11,13-17,19,22-23,30,32H,3,5,7,9,12,18H2,1-2H3/t19-,22+,23+,25?/m0/s1. The molecule has 0 amide bonds. The maximum Gasteiger partial charge on any atom is 0.416 e. The molecule has 0 aromatic heterocycles. The lowest BCUT2D eigenvalue weighted by molar-refractivity contribution is -0.143. The van der Waals surface area contributed by atoms with E-state index < -0.39 is 23.4 Å². The Morgan fingerprint density at radius 1 is 1.21 bits per heavy atom. The van der Waals surface area contributed by atoms with Gasteiger partial charge in [-0.05, 0) is 57.2 Å². The van der Waals surface area contributed by atoms with Gasteiger partial charge in [-0.2, -0.15) is 13.2 Å². The lowest BCUT2D eigenvalue weighted by Crippen LogP contribution is -2.30. The van der Waals surface area contributed by atoms with Gasteiger partial charge in [-0.25, -0.2) is 0 Å². The van der Waals surface area contributed by atoms with Gasteiger partial charge in [0, 0.05) is 12.3 Å². The van der Waals surface area contributed by atoms with Crippen molar-refractivity contribution < 1.29 is 37.7 Å². The molecule has 34 heavy (non-hydrogen) atoms. The number of hydrogen-bond donors (Lipinski definition) is 2. The zero-order chi connectivity index (χ0) is 25.2. The normalized spacial score (nSPS) is 22.4. The zero-order valence-electron chi connectivity index (χ0n) is 19.5. The number of alkyl halides is 3. The van der Waals surface area contributed by atoms with E-state index in [2.05, 4.69) is 0 Å². The van der Waals surface area contributed by atoms with E-state index in [1.165, 1.54) is 25.1 Å². The first kappa shape index (κ1) is 27.7. The lowest BCUT2D eigenvalue weighted by Gasteiger charge is -2.23. The molecule has 2 N–H and O–H groups in total. The van der Waals surface area contributed by atoms with Crippen molar-refractivity contribution in [2.75, 3.05) is 13.2 Å². The molecule has 1 aliphatic carbocycles. The molecule has 1 aromatic rings. The van der Waals surface area contributed by atoms with Crippen molar-refractivity contribution in [3.63, 3.8) is 0 Å². The van der Waals surface area contributed by atoms with Crippen LogP contribution in [-0.4, -0.2) is 41.1 Å². The minimum Gasteiger partial charge on any atom is -0.490 e. The molecule has 8 heteroatoms. The molecule has 0 fully saturated rings. The van der Waals surface area contributed by atoms with Gasteiger partial charge in [0.25, 0.3) is 0 Å². The van der Waals surface area contributed by atoms with E-state index >= 15 is 0 Å². The van der Waals surface area contributed by atoms with Crippen molar-refractivity contribution >= 4 is 5.97 Å². The molecular weight excluding hydrogens is 449 g/mol. The molecular formula is C26H33F3O5. The van der Waals surface area contributed by atoms with Crippen LogP contribution >= 0.6 is 0 Å². The fourth-order valence-electron chi connectivity index (χ4n) is 3.59. The first-order valence-electron chi connectivity index (χ1n) is 11.4. The third kappa shape index (κ3) is 9.35. The van der Waals surface area contributed by atoms with E-state index in [1.54, 1.807) is 19.1 Å². The number of unbranched alkanes of at least 4 members (excludes halogenated alkanes) is 1. The molecule has 1 unspecified atom stereocenters. The fraction of sp³-hybridized carbons (Fsp3) is 0.500. The Balaban J connectivity index is 1.85. The van der Waals surface area contributed by atoms with Crippen LogP contribution in [-0.2, 0) is 15.7 Å². The highest BCUT2D eigenvalue weighted by molar-refractivity contribution is 5.69. The van der Waals surface area contributed by atoms with Crippen molar-refractivity contribution in [3.8, 4) is 5.75 Å². The summed E-state index contributed by atoms with van der Waals surface area (Å²) < 4.78 is 48.8. The van der Waals surface area contributed by atoms with Crippen LogP contribution in [0.25, 0.3) is 0 Å². The number of ether oxygens (including phenoxy) is 2. The summed E-state index contributed by atoms with van der Waals surface area (Å²) in [5.74, 6) is -0.402. The molecule has 0 spiro atoms. The Morgan fingerprint density at radius 3 is 2.68 bits per heavy atom.